The third-order valence-corrected chi connectivity index (χ3v) is 10.9. The maximum absolute atomic E-state index is 6.17. The van der Waals surface area contributed by atoms with Gasteiger partial charge in [0.2, 0.25) is 0 Å². The molecular formula is C6H19Cl2N2PSi2. The van der Waals surface area contributed by atoms with Crippen LogP contribution in [0.4, 0.5) is 0 Å². The molecule has 0 radical (unpaired) electrons. The fourth-order valence-corrected chi connectivity index (χ4v) is 16.3. The van der Waals surface area contributed by atoms with Gasteiger partial charge >= 0.3 is 0 Å². The molecule has 0 aliphatic rings. The lowest BCUT2D eigenvalue weighted by Gasteiger charge is -2.25. The van der Waals surface area contributed by atoms with Crippen molar-refractivity contribution in [2.45, 2.75) is 39.3 Å². The third kappa shape index (κ3) is 9.51. The van der Waals surface area contributed by atoms with E-state index in [1.165, 1.54) is 0 Å². The van der Waals surface area contributed by atoms with Crippen molar-refractivity contribution in [1.82, 2.24) is 4.75 Å². The van der Waals surface area contributed by atoms with Gasteiger partial charge in [0, 0.05) is 0 Å². The summed E-state index contributed by atoms with van der Waals surface area (Å²) in [7, 11) is -2.95. The number of halogens is 2. The average molecular weight is 277 g/mol. The van der Waals surface area contributed by atoms with Crippen LogP contribution in [0.2, 0.25) is 39.3 Å². The van der Waals surface area contributed by atoms with Gasteiger partial charge in [-0.1, -0.05) is 19.6 Å². The molecule has 0 aromatic rings. The van der Waals surface area contributed by atoms with Crippen molar-refractivity contribution >= 4 is 44.9 Å². The Hall–Kier alpha value is 1.20. The van der Waals surface area contributed by atoms with E-state index in [2.05, 4.69) is 48.4 Å². The van der Waals surface area contributed by atoms with E-state index < -0.39 is 22.4 Å². The molecule has 0 saturated carbocycles. The summed E-state index contributed by atoms with van der Waals surface area (Å²) in [6.07, 6.45) is 0. The quantitative estimate of drug-likeness (QED) is 0.588. The molecule has 0 fully saturated rings. The molecule has 0 aromatic carbocycles. The molecule has 0 atom stereocenters. The second-order valence-corrected chi connectivity index (χ2v) is 20.1. The zero-order chi connectivity index (χ0) is 10.9. The van der Waals surface area contributed by atoms with E-state index in [0.29, 0.717) is 0 Å². The molecule has 0 bridgehead atoms. The van der Waals surface area contributed by atoms with Crippen molar-refractivity contribution in [3.63, 3.8) is 0 Å². The maximum Gasteiger partial charge on any atom is 0.187 e. The van der Waals surface area contributed by atoms with Crippen molar-refractivity contribution < 1.29 is 0 Å². The van der Waals surface area contributed by atoms with Crippen molar-refractivity contribution in [2.75, 3.05) is 0 Å². The summed E-state index contributed by atoms with van der Waals surface area (Å²) in [6, 6.07) is 0. The smallest absolute Gasteiger partial charge is 0.187 e. The van der Waals surface area contributed by atoms with Gasteiger partial charge in [-0.05, 0) is 42.1 Å². The zero-order valence-electron chi connectivity index (χ0n) is 9.15. The van der Waals surface area contributed by atoms with Gasteiger partial charge in [0.1, 0.15) is 8.24 Å². The molecule has 0 aliphatic carbocycles. The van der Waals surface area contributed by atoms with Gasteiger partial charge in [0.25, 0.3) is 0 Å². The van der Waals surface area contributed by atoms with Crippen molar-refractivity contribution in [1.29, 1.82) is 0 Å². The highest BCUT2D eigenvalue weighted by molar-refractivity contribution is 8.10. The summed E-state index contributed by atoms with van der Waals surface area (Å²) in [5.74, 6) is -2.24. The zero-order valence-corrected chi connectivity index (χ0v) is 13.6. The molecular weight excluding hydrogens is 258 g/mol. The summed E-state index contributed by atoms with van der Waals surface area (Å²) in [5.41, 5.74) is 0. The van der Waals surface area contributed by atoms with Gasteiger partial charge in [-0.25, -0.2) is 0 Å². The van der Waals surface area contributed by atoms with Gasteiger partial charge in [0.05, 0.1) is 0 Å². The lowest BCUT2D eigenvalue weighted by atomic mass is 11.8. The number of nitrogens with one attached hydrogen (secondary N) is 1. The Morgan fingerprint density at radius 2 is 1.38 bits per heavy atom. The Morgan fingerprint density at radius 1 is 1.00 bits per heavy atom. The lowest BCUT2D eigenvalue weighted by molar-refractivity contribution is 1.42. The average Bonchev–Trinajstić information content (AvgIpc) is 1.43. The fraction of sp³-hybridized carbons (Fsp3) is 1.00. The molecule has 7 heteroatoms. The minimum absolute atomic E-state index is 1.43. The Morgan fingerprint density at radius 3 is 1.62 bits per heavy atom. The molecule has 0 spiro atoms. The van der Waals surface area contributed by atoms with Crippen LogP contribution in [0.25, 0.3) is 0 Å². The largest absolute Gasteiger partial charge is 0.300 e. The van der Waals surface area contributed by atoms with Gasteiger partial charge in [-0.15, -0.1) is 0 Å². The standard InChI is InChI=1S/C6H19Cl2N2PSi2/c1-12(2,3)9-11(7,8)10-13(4,5)6/h9H,1-6H3. The first-order chi connectivity index (χ1) is 5.41. The van der Waals surface area contributed by atoms with Crippen LogP contribution in [0.1, 0.15) is 0 Å². The number of rotatable bonds is 3. The monoisotopic (exact) mass is 276 g/mol. The van der Waals surface area contributed by atoms with Crippen LogP contribution in [0.5, 0.6) is 0 Å². The maximum atomic E-state index is 6.17. The fourth-order valence-electron chi connectivity index (χ4n) is 0.805. The second-order valence-electron chi connectivity index (χ2n) is 5.12. The Bertz CT molecular complexity index is 226. The summed E-state index contributed by atoms with van der Waals surface area (Å²) in [6.45, 7) is 12.9. The first-order valence-corrected chi connectivity index (χ1v) is 14.7. The van der Waals surface area contributed by atoms with E-state index in [9.17, 15) is 0 Å². The van der Waals surface area contributed by atoms with Crippen LogP contribution >= 0.6 is 28.4 Å². The Kier molecular flexibility index (Phi) is 4.78. The van der Waals surface area contributed by atoms with Gasteiger partial charge in [-0.2, -0.15) is 0 Å². The van der Waals surface area contributed by atoms with Crippen LogP contribution in [0.15, 0.2) is 4.41 Å². The molecule has 0 aliphatic heterocycles. The molecule has 1 N–H and O–H groups in total. The van der Waals surface area contributed by atoms with Crippen molar-refractivity contribution in [2.24, 2.45) is 4.41 Å². The summed E-state index contributed by atoms with van der Waals surface area (Å²) in [5, 5.41) is 0. The summed E-state index contributed by atoms with van der Waals surface area (Å²) in [4.78, 5) is 0. The predicted octanol–water partition coefficient (Wildman–Crippen LogP) is 4.67. The molecule has 0 saturated heterocycles. The molecule has 0 unspecified atom stereocenters. The van der Waals surface area contributed by atoms with E-state index in [0.717, 1.165) is 0 Å². The molecule has 80 valence electrons. The third-order valence-electron chi connectivity index (χ3n) is 0.896. The van der Waals surface area contributed by atoms with E-state index >= 15 is 0 Å². The minimum atomic E-state index is -2.24. The highest BCUT2D eigenvalue weighted by Gasteiger charge is 2.25. The van der Waals surface area contributed by atoms with Crippen LogP contribution in [-0.2, 0) is 0 Å². The van der Waals surface area contributed by atoms with Crippen molar-refractivity contribution in [3.05, 3.63) is 0 Å². The Balaban J connectivity index is 4.68. The molecule has 0 amide bonds. The number of hydrogen-bond donors (Lipinski definition) is 1. The van der Waals surface area contributed by atoms with E-state index in [1.807, 2.05) is 0 Å². The SMILES string of the molecule is C[Si](C)(C)N=P(Cl)(Cl)N[Si](C)(C)C. The first kappa shape index (κ1) is 14.2. The summed E-state index contributed by atoms with van der Waals surface area (Å²) < 4.78 is 7.83. The highest BCUT2D eigenvalue weighted by atomic mass is 35.9. The number of hydrogen-bond acceptors (Lipinski definition) is 1. The van der Waals surface area contributed by atoms with E-state index in [1.54, 1.807) is 0 Å². The van der Waals surface area contributed by atoms with Crippen LogP contribution in [0.3, 0.4) is 0 Å². The normalized spacial score (nSPS) is 14.5. The Labute approximate surface area is 93.3 Å². The van der Waals surface area contributed by atoms with Crippen LogP contribution in [-0.4, -0.2) is 16.5 Å². The molecule has 0 rings (SSSR count). The molecule has 0 heterocycles. The van der Waals surface area contributed by atoms with Crippen LogP contribution in [0, 0.1) is 0 Å². The lowest BCUT2D eigenvalue weighted by Crippen LogP contribution is -2.37. The van der Waals surface area contributed by atoms with E-state index in [4.69, 9.17) is 22.5 Å². The van der Waals surface area contributed by atoms with Crippen LogP contribution < -0.4 is 4.75 Å². The number of nitrogens with zero attached hydrogens (tertiary/aromatic N) is 1. The molecule has 13 heavy (non-hydrogen) atoms. The minimum Gasteiger partial charge on any atom is -0.300 e. The predicted molar refractivity (Wildman–Crippen MR) is 70.9 cm³/mol. The topological polar surface area (TPSA) is 24.4 Å². The second kappa shape index (κ2) is 4.37. The first-order valence-electron chi connectivity index (χ1n) is 4.24. The van der Waals surface area contributed by atoms with Gasteiger partial charge < -0.3 is 4.41 Å². The molecule has 0 aromatic heterocycles. The van der Waals surface area contributed by atoms with Gasteiger partial charge in [0.15, 0.2) is 14.1 Å². The molecule has 2 nitrogen and oxygen atoms in total. The van der Waals surface area contributed by atoms with Gasteiger partial charge in [-0.3, -0.25) is 4.75 Å². The van der Waals surface area contributed by atoms with E-state index in [-0.39, 0.29) is 0 Å². The van der Waals surface area contributed by atoms with Crippen molar-refractivity contribution in [3.8, 4) is 0 Å². The highest BCUT2D eigenvalue weighted by Crippen LogP contribution is 2.58. The summed E-state index contributed by atoms with van der Waals surface area (Å²) >= 11 is 12.3.